The fourth-order valence-electron chi connectivity index (χ4n) is 5.00. The summed E-state index contributed by atoms with van der Waals surface area (Å²) in [7, 11) is -1.98. The van der Waals surface area contributed by atoms with Gasteiger partial charge in [-0.1, -0.05) is 0 Å². The Bertz CT molecular complexity index is 782. The van der Waals surface area contributed by atoms with Gasteiger partial charge in [-0.25, -0.2) is 12.8 Å². The van der Waals surface area contributed by atoms with Crippen molar-refractivity contribution >= 4 is 27.5 Å². The number of halogens is 5. The van der Waals surface area contributed by atoms with Crippen LogP contribution in [-0.4, -0.2) is 93.5 Å². The summed E-state index contributed by atoms with van der Waals surface area (Å²) in [6, 6.07) is 0.0824. The van der Waals surface area contributed by atoms with Gasteiger partial charge < -0.3 is 0 Å². The van der Waals surface area contributed by atoms with Gasteiger partial charge in [0, 0.05) is 19.3 Å². The van der Waals surface area contributed by atoms with Crippen LogP contribution in [0.2, 0.25) is 0 Å². The lowest BCUT2D eigenvalue weighted by molar-refractivity contribution is -0.148. The standard InChI is InChI=1S/C19H32ClF4N5O3S/c1-28-8-16(25-11-28)13-6-14(17(21)15(20)7-13)18(30)26-27-33(31,32)9-12-2-4-29(5-3-12)10-19(22,23)24/h12-17,25,27H,2-11H2,1H3,(H,26,30). The third kappa shape index (κ3) is 7.89. The summed E-state index contributed by atoms with van der Waals surface area (Å²) in [5.41, 5.74) is 2.13. The maximum absolute atomic E-state index is 14.7. The Balaban J connectivity index is 1.47. The molecule has 3 aliphatic rings. The van der Waals surface area contributed by atoms with Crippen LogP contribution in [0.4, 0.5) is 17.6 Å². The van der Waals surface area contributed by atoms with Crippen LogP contribution in [0.5, 0.6) is 0 Å². The highest BCUT2D eigenvalue weighted by atomic mass is 35.5. The molecule has 5 unspecified atom stereocenters. The van der Waals surface area contributed by atoms with Crippen LogP contribution in [0.3, 0.4) is 0 Å². The van der Waals surface area contributed by atoms with Crippen molar-refractivity contribution in [3.63, 3.8) is 0 Å². The van der Waals surface area contributed by atoms with Crippen molar-refractivity contribution in [2.24, 2.45) is 17.8 Å². The van der Waals surface area contributed by atoms with E-state index in [4.69, 9.17) is 11.6 Å². The molecule has 1 amide bonds. The van der Waals surface area contributed by atoms with Gasteiger partial charge in [-0.15, -0.1) is 16.4 Å². The molecular formula is C19H32ClF4N5O3S. The maximum Gasteiger partial charge on any atom is 0.401 e. The molecular weight excluding hydrogens is 490 g/mol. The first kappa shape index (κ1) is 26.9. The van der Waals surface area contributed by atoms with Gasteiger partial charge in [0.15, 0.2) is 0 Å². The smallest absolute Gasteiger partial charge is 0.300 e. The van der Waals surface area contributed by atoms with Crippen LogP contribution >= 0.6 is 11.6 Å². The van der Waals surface area contributed by atoms with Crippen molar-refractivity contribution in [2.75, 3.05) is 45.6 Å². The SMILES string of the molecule is CN1CNC(C2CC(Cl)C(F)C(C(=O)NNS(=O)(=O)CC3CCN(CC(F)(F)F)CC3)C2)C1. The molecule has 0 bridgehead atoms. The summed E-state index contributed by atoms with van der Waals surface area (Å²) in [6.45, 7) is 0.746. The van der Waals surface area contributed by atoms with E-state index in [1.807, 2.05) is 11.9 Å². The van der Waals surface area contributed by atoms with Crippen molar-refractivity contribution in [1.29, 1.82) is 0 Å². The van der Waals surface area contributed by atoms with E-state index in [-0.39, 0.29) is 43.1 Å². The minimum absolute atomic E-state index is 0.0151. The normalized spacial score (nSPS) is 33.3. The van der Waals surface area contributed by atoms with Crippen molar-refractivity contribution in [1.82, 2.24) is 25.4 Å². The molecule has 2 heterocycles. The zero-order valence-corrected chi connectivity index (χ0v) is 20.0. The summed E-state index contributed by atoms with van der Waals surface area (Å²) in [5.74, 6) is -2.51. The second-order valence-electron chi connectivity index (χ2n) is 9.51. The summed E-state index contributed by atoms with van der Waals surface area (Å²) in [4.78, 5) is 18.0. The number of piperidine rings is 1. The topological polar surface area (TPSA) is 93.8 Å². The molecule has 8 nitrogen and oxygen atoms in total. The highest BCUT2D eigenvalue weighted by Crippen LogP contribution is 2.37. The molecule has 0 spiro atoms. The summed E-state index contributed by atoms with van der Waals surface area (Å²) in [5, 5.41) is 2.48. The lowest BCUT2D eigenvalue weighted by Crippen LogP contribution is -2.52. The molecule has 0 aromatic rings. The van der Waals surface area contributed by atoms with Gasteiger partial charge in [-0.3, -0.25) is 25.3 Å². The van der Waals surface area contributed by atoms with Crippen molar-refractivity contribution < 1.29 is 30.8 Å². The zero-order chi connectivity index (χ0) is 24.4. The monoisotopic (exact) mass is 521 g/mol. The molecule has 1 aliphatic carbocycles. The molecule has 0 aromatic carbocycles. The molecule has 192 valence electrons. The number of hydrazine groups is 1. The third-order valence-electron chi connectivity index (χ3n) is 6.75. The number of hydrogen-bond acceptors (Lipinski definition) is 6. The quantitative estimate of drug-likeness (QED) is 0.263. The molecule has 3 fully saturated rings. The molecule has 1 saturated carbocycles. The Morgan fingerprint density at radius 2 is 1.88 bits per heavy atom. The van der Waals surface area contributed by atoms with Gasteiger partial charge >= 0.3 is 6.18 Å². The lowest BCUT2D eigenvalue weighted by Gasteiger charge is -2.37. The number of rotatable bonds is 7. The van der Waals surface area contributed by atoms with Crippen LogP contribution < -0.4 is 15.6 Å². The van der Waals surface area contributed by atoms with E-state index in [1.165, 1.54) is 4.90 Å². The number of carbonyl (C=O) groups is 1. The summed E-state index contributed by atoms with van der Waals surface area (Å²) >= 11 is 6.18. The van der Waals surface area contributed by atoms with E-state index in [0.717, 1.165) is 6.54 Å². The van der Waals surface area contributed by atoms with Crippen LogP contribution in [0, 0.1) is 17.8 Å². The number of likely N-dealkylation sites (N-methyl/N-ethyl adjacent to an activating group) is 1. The molecule has 3 N–H and O–H groups in total. The fraction of sp³-hybridized carbons (Fsp3) is 0.947. The summed E-state index contributed by atoms with van der Waals surface area (Å²) in [6.07, 6.45) is -4.60. The Hall–Kier alpha value is -0.730. The van der Waals surface area contributed by atoms with Gasteiger partial charge in [0.05, 0.1) is 23.6 Å². The predicted octanol–water partition coefficient (Wildman–Crippen LogP) is 1.04. The molecule has 3 rings (SSSR count). The minimum Gasteiger partial charge on any atom is -0.300 e. The van der Waals surface area contributed by atoms with Crippen molar-refractivity contribution in [3.05, 3.63) is 0 Å². The first-order valence-electron chi connectivity index (χ1n) is 11.1. The molecule has 33 heavy (non-hydrogen) atoms. The van der Waals surface area contributed by atoms with Crippen molar-refractivity contribution in [3.8, 4) is 0 Å². The van der Waals surface area contributed by atoms with Crippen LogP contribution in [0.25, 0.3) is 0 Å². The average molecular weight is 522 g/mol. The number of carbonyl (C=O) groups excluding carboxylic acids is 1. The molecule has 2 aliphatic heterocycles. The van der Waals surface area contributed by atoms with E-state index in [1.54, 1.807) is 0 Å². The first-order chi connectivity index (χ1) is 15.3. The van der Waals surface area contributed by atoms with Crippen LogP contribution in [0.1, 0.15) is 25.7 Å². The Labute approximate surface area is 196 Å². The number of nitrogens with one attached hydrogen (secondary N) is 3. The highest BCUT2D eigenvalue weighted by Gasteiger charge is 2.44. The highest BCUT2D eigenvalue weighted by molar-refractivity contribution is 7.89. The number of alkyl halides is 5. The second-order valence-corrected chi connectivity index (χ2v) is 11.8. The molecule has 0 radical (unpaired) electrons. The third-order valence-corrected chi connectivity index (χ3v) is 8.49. The van der Waals surface area contributed by atoms with Gasteiger partial charge in [0.2, 0.25) is 15.9 Å². The molecule has 2 saturated heterocycles. The van der Waals surface area contributed by atoms with Gasteiger partial charge in [-0.2, -0.15) is 13.2 Å². The molecule has 14 heteroatoms. The fourth-order valence-corrected chi connectivity index (χ4v) is 6.69. The van der Waals surface area contributed by atoms with Gasteiger partial charge in [-0.05, 0) is 57.7 Å². The number of likely N-dealkylation sites (tertiary alicyclic amines) is 1. The van der Waals surface area contributed by atoms with E-state index in [2.05, 4.69) is 15.6 Å². The van der Waals surface area contributed by atoms with Gasteiger partial charge in [0.25, 0.3) is 0 Å². The Morgan fingerprint density at radius 1 is 1.21 bits per heavy atom. The first-order valence-corrected chi connectivity index (χ1v) is 13.2. The van der Waals surface area contributed by atoms with Gasteiger partial charge in [0.1, 0.15) is 6.17 Å². The molecule has 5 atom stereocenters. The lowest BCUT2D eigenvalue weighted by atomic mass is 9.76. The predicted molar refractivity (Wildman–Crippen MR) is 115 cm³/mol. The van der Waals surface area contributed by atoms with E-state index in [0.29, 0.717) is 25.9 Å². The number of amides is 1. The van der Waals surface area contributed by atoms with Crippen LogP contribution in [-0.2, 0) is 14.8 Å². The number of nitrogens with zero attached hydrogens (tertiary/aromatic N) is 2. The second kappa shape index (κ2) is 10.9. The van der Waals surface area contributed by atoms with Crippen molar-refractivity contribution in [2.45, 2.75) is 49.5 Å². The summed E-state index contributed by atoms with van der Waals surface area (Å²) < 4.78 is 77.0. The molecule has 0 aromatic heterocycles. The van der Waals surface area contributed by atoms with E-state index >= 15 is 0 Å². The van der Waals surface area contributed by atoms with E-state index < -0.39 is 46.1 Å². The maximum atomic E-state index is 14.7. The Kier molecular flexibility index (Phi) is 8.87. The zero-order valence-electron chi connectivity index (χ0n) is 18.5. The van der Waals surface area contributed by atoms with Crippen LogP contribution in [0.15, 0.2) is 0 Å². The number of hydrogen-bond donors (Lipinski definition) is 3. The van der Waals surface area contributed by atoms with E-state index in [9.17, 15) is 30.8 Å². The largest absolute Gasteiger partial charge is 0.401 e. The average Bonchev–Trinajstić information content (AvgIpc) is 3.15. The Morgan fingerprint density at radius 3 is 2.45 bits per heavy atom. The minimum atomic E-state index is -4.29. The number of sulfonamides is 1.